The van der Waals surface area contributed by atoms with Crippen LogP contribution in [0.25, 0.3) is 0 Å². The van der Waals surface area contributed by atoms with Crippen molar-refractivity contribution < 1.29 is 18.3 Å². The van der Waals surface area contributed by atoms with Crippen LogP contribution in [0.2, 0.25) is 0 Å². The van der Waals surface area contributed by atoms with Crippen molar-refractivity contribution >= 4 is 21.9 Å². The molecule has 88 valence electrons. The first-order valence-electron chi connectivity index (χ1n) is 4.46. The lowest BCUT2D eigenvalue weighted by atomic mass is 10.0. The summed E-state index contributed by atoms with van der Waals surface area (Å²) >= 11 is 3.06. The van der Waals surface area contributed by atoms with Crippen LogP contribution in [0.15, 0.2) is 10.8 Å². The van der Waals surface area contributed by atoms with Gasteiger partial charge in [-0.3, -0.25) is 4.79 Å². The van der Waals surface area contributed by atoms with Gasteiger partial charge in [-0.25, -0.2) is 13.8 Å². The number of hydrogen-bond acceptors (Lipinski definition) is 3. The van der Waals surface area contributed by atoms with Gasteiger partial charge in [0.05, 0.1) is 13.5 Å². The van der Waals surface area contributed by atoms with E-state index >= 15 is 0 Å². The fourth-order valence-electron chi connectivity index (χ4n) is 1.34. The van der Waals surface area contributed by atoms with Crippen molar-refractivity contribution in [1.82, 2.24) is 4.98 Å². The van der Waals surface area contributed by atoms with Gasteiger partial charge in [0.25, 0.3) is 6.43 Å². The zero-order chi connectivity index (χ0) is 12.3. The number of rotatable bonds is 3. The van der Waals surface area contributed by atoms with Gasteiger partial charge in [-0.1, -0.05) is 0 Å². The Hall–Kier alpha value is -1.04. The highest BCUT2D eigenvalue weighted by Gasteiger charge is 2.21. The number of ether oxygens (including phenoxy) is 1. The highest BCUT2D eigenvalue weighted by atomic mass is 79.9. The fourth-order valence-corrected chi connectivity index (χ4v) is 1.79. The second-order valence-corrected chi connectivity index (χ2v) is 3.93. The molecule has 0 amide bonds. The minimum Gasteiger partial charge on any atom is -0.469 e. The lowest BCUT2D eigenvalue weighted by Gasteiger charge is -2.12. The summed E-state index contributed by atoms with van der Waals surface area (Å²) in [6, 6.07) is 0. The number of methoxy groups -OCH3 is 1. The van der Waals surface area contributed by atoms with E-state index in [2.05, 4.69) is 25.7 Å². The third-order valence-electron chi connectivity index (χ3n) is 2.14. The molecule has 0 aliphatic heterocycles. The van der Waals surface area contributed by atoms with Crippen LogP contribution in [0, 0.1) is 6.92 Å². The Kier molecular flexibility index (Phi) is 4.35. The number of pyridine rings is 1. The van der Waals surface area contributed by atoms with Crippen LogP contribution in [-0.2, 0) is 16.0 Å². The Bertz CT molecular complexity index is 410. The molecule has 6 heteroatoms. The molecular weight excluding hydrogens is 284 g/mol. The Balaban J connectivity index is 3.23. The van der Waals surface area contributed by atoms with E-state index in [1.54, 1.807) is 0 Å². The minimum absolute atomic E-state index is 0.160. The van der Waals surface area contributed by atoms with E-state index in [1.807, 2.05) is 0 Å². The number of nitrogens with zero attached hydrogens (tertiary/aromatic N) is 1. The Labute approximate surface area is 99.9 Å². The largest absolute Gasteiger partial charge is 0.469 e. The van der Waals surface area contributed by atoms with Crippen LogP contribution in [0.4, 0.5) is 8.78 Å². The van der Waals surface area contributed by atoms with E-state index < -0.39 is 12.4 Å². The number of aromatic nitrogens is 1. The van der Waals surface area contributed by atoms with Crippen molar-refractivity contribution in [2.45, 2.75) is 19.8 Å². The van der Waals surface area contributed by atoms with E-state index in [4.69, 9.17) is 0 Å². The van der Waals surface area contributed by atoms with Crippen molar-refractivity contribution in [3.63, 3.8) is 0 Å². The third-order valence-corrected chi connectivity index (χ3v) is 2.82. The molecule has 0 radical (unpaired) electrons. The quantitative estimate of drug-likeness (QED) is 0.635. The Morgan fingerprint density at radius 1 is 1.62 bits per heavy atom. The number of alkyl halides is 2. The van der Waals surface area contributed by atoms with E-state index in [0.29, 0.717) is 5.56 Å². The summed E-state index contributed by atoms with van der Waals surface area (Å²) in [5.74, 6) is -0.574. The van der Waals surface area contributed by atoms with Crippen LogP contribution in [0.1, 0.15) is 23.1 Å². The predicted molar refractivity (Wildman–Crippen MR) is 57.4 cm³/mol. The smallest absolute Gasteiger partial charge is 0.310 e. The molecule has 0 spiro atoms. The summed E-state index contributed by atoms with van der Waals surface area (Å²) < 4.78 is 30.3. The van der Waals surface area contributed by atoms with Crippen LogP contribution in [0.5, 0.6) is 0 Å². The lowest BCUT2D eigenvalue weighted by molar-refractivity contribution is -0.139. The third kappa shape index (κ3) is 2.75. The number of carbonyl (C=O) groups is 1. The summed E-state index contributed by atoms with van der Waals surface area (Å²) in [7, 11) is 1.21. The van der Waals surface area contributed by atoms with Crippen molar-refractivity contribution in [2.75, 3.05) is 7.11 Å². The highest BCUT2D eigenvalue weighted by Crippen LogP contribution is 2.30. The monoisotopic (exact) mass is 293 g/mol. The molecule has 1 heterocycles. The zero-order valence-electron chi connectivity index (χ0n) is 8.76. The second-order valence-electron chi connectivity index (χ2n) is 3.18. The SMILES string of the molecule is COC(=O)Cc1c(Br)ncc(C)c1C(F)F. The van der Waals surface area contributed by atoms with E-state index in [1.165, 1.54) is 20.2 Å². The molecule has 0 saturated heterocycles. The van der Waals surface area contributed by atoms with E-state index in [-0.39, 0.29) is 22.2 Å². The van der Waals surface area contributed by atoms with Crippen molar-refractivity contribution in [3.05, 3.63) is 27.5 Å². The van der Waals surface area contributed by atoms with Crippen molar-refractivity contribution in [1.29, 1.82) is 0 Å². The molecule has 0 aliphatic carbocycles. The molecule has 0 unspecified atom stereocenters. The topological polar surface area (TPSA) is 39.2 Å². The molecule has 1 aromatic rings. The number of esters is 1. The van der Waals surface area contributed by atoms with Crippen LogP contribution >= 0.6 is 15.9 Å². The molecule has 1 aromatic heterocycles. The van der Waals surface area contributed by atoms with Crippen molar-refractivity contribution in [2.24, 2.45) is 0 Å². The number of carbonyl (C=O) groups excluding carboxylic acids is 1. The summed E-state index contributed by atoms with van der Waals surface area (Å²) in [4.78, 5) is 15.0. The van der Waals surface area contributed by atoms with Gasteiger partial charge in [-0.05, 0) is 28.4 Å². The summed E-state index contributed by atoms with van der Waals surface area (Å²) in [5, 5.41) is 0. The molecule has 0 atom stereocenters. The van der Waals surface area contributed by atoms with E-state index in [0.717, 1.165) is 0 Å². The Morgan fingerprint density at radius 2 is 2.25 bits per heavy atom. The highest BCUT2D eigenvalue weighted by molar-refractivity contribution is 9.10. The average molecular weight is 294 g/mol. The zero-order valence-corrected chi connectivity index (χ0v) is 10.3. The molecule has 0 bridgehead atoms. The first-order chi connectivity index (χ1) is 7.47. The molecule has 0 fully saturated rings. The van der Waals surface area contributed by atoms with E-state index in [9.17, 15) is 13.6 Å². The van der Waals surface area contributed by atoms with Crippen molar-refractivity contribution in [3.8, 4) is 0 Å². The van der Waals surface area contributed by atoms with Crippen LogP contribution in [0.3, 0.4) is 0 Å². The van der Waals surface area contributed by atoms with Gasteiger partial charge in [0, 0.05) is 17.3 Å². The molecular formula is C10H10BrF2NO2. The lowest BCUT2D eigenvalue weighted by Crippen LogP contribution is -2.10. The Morgan fingerprint density at radius 3 is 2.75 bits per heavy atom. The summed E-state index contributed by atoms with van der Waals surface area (Å²) in [5.41, 5.74) is 0.381. The van der Waals surface area contributed by atoms with Gasteiger partial charge >= 0.3 is 5.97 Å². The van der Waals surface area contributed by atoms with Gasteiger partial charge in [-0.2, -0.15) is 0 Å². The summed E-state index contributed by atoms with van der Waals surface area (Å²) in [6.07, 6.45) is -1.52. The number of halogens is 3. The number of aryl methyl sites for hydroxylation is 1. The second kappa shape index (κ2) is 5.34. The first-order valence-corrected chi connectivity index (χ1v) is 5.25. The molecule has 16 heavy (non-hydrogen) atoms. The fraction of sp³-hybridized carbons (Fsp3) is 0.400. The number of hydrogen-bond donors (Lipinski definition) is 0. The normalized spacial score (nSPS) is 10.6. The molecule has 0 N–H and O–H groups in total. The average Bonchev–Trinajstić information content (AvgIpc) is 2.22. The standard InChI is InChI=1S/C10H10BrF2NO2/c1-5-4-14-9(11)6(3-7(15)16-2)8(5)10(12)13/h4,10H,3H2,1-2H3. The molecule has 3 nitrogen and oxygen atoms in total. The first kappa shape index (κ1) is 13.0. The van der Waals surface area contributed by atoms with Gasteiger partial charge < -0.3 is 4.74 Å². The van der Waals surface area contributed by atoms with Crippen LogP contribution < -0.4 is 0 Å². The van der Waals surface area contributed by atoms with Gasteiger partial charge in [0.15, 0.2) is 0 Å². The maximum atomic E-state index is 12.8. The maximum Gasteiger partial charge on any atom is 0.310 e. The van der Waals surface area contributed by atoms with Gasteiger partial charge in [-0.15, -0.1) is 0 Å². The van der Waals surface area contributed by atoms with Gasteiger partial charge in [0.1, 0.15) is 4.60 Å². The van der Waals surface area contributed by atoms with Gasteiger partial charge in [0.2, 0.25) is 0 Å². The molecule has 0 aromatic carbocycles. The summed E-state index contributed by atoms with van der Waals surface area (Å²) in [6.45, 7) is 1.53. The minimum atomic E-state index is -2.64. The molecule has 0 aliphatic rings. The maximum absolute atomic E-state index is 12.8. The van der Waals surface area contributed by atoms with Crippen LogP contribution in [-0.4, -0.2) is 18.1 Å². The predicted octanol–water partition coefficient (Wildman–Crippen LogP) is 2.81. The molecule has 1 rings (SSSR count). The molecule has 0 saturated carbocycles.